The van der Waals surface area contributed by atoms with E-state index in [-0.39, 0.29) is 11.3 Å². The summed E-state index contributed by atoms with van der Waals surface area (Å²) in [5.74, 6) is -0.0630. The molecular weight excluding hydrogens is 242 g/mol. The number of rotatable bonds is 4. The highest BCUT2D eigenvalue weighted by Gasteiger charge is 2.12. The minimum Gasteiger partial charge on any atom is -0.478 e. The molecule has 4 heteroatoms. The first kappa shape index (κ1) is 13.0. The minimum atomic E-state index is -1.06. The van der Waals surface area contributed by atoms with Gasteiger partial charge in [0, 0.05) is 0 Å². The number of nitrogens with two attached hydrogens (primary N) is 1. The molecule has 0 aliphatic rings. The van der Waals surface area contributed by atoms with E-state index in [4.69, 9.17) is 15.6 Å². The molecule has 2 aromatic carbocycles. The zero-order valence-electron chi connectivity index (χ0n) is 10.6. The van der Waals surface area contributed by atoms with Crippen LogP contribution >= 0.6 is 0 Å². The third-order valence-electron chi connectivity index (χ3n) is 2.83. The molecule has 98 valence electrons. The maximum Gasteiger partial charge on any atom is 0.337 e. The molecule has 0 fully saturated rings. The number of carboxylic acid groups (broad SMARTS) is 1. The van der Waals surface area contributed by atoms with E-state index in [0.717, 1.165) is 12.0 Å². The van der Waals surface area contributed by atoms with Crippen molar-refractivity contribution < 1.29 is 14.6 Å². The first-order chi connectivity index (χ1) is 9.11. The van der Waals surface area contributed by atoms with Crippen molar-refractivity contribution in [2.45, 2.75) is 13.3 Å². The van der Waals surface area contributed by atoms with E-state index in [1.54, 1.807) is 12.1 Å². The summed E-state index contributed by atoms with van der Waals surface area (Å²) in [6.07, 6.45) is 0.905. The summed E-state index contributed by atoms with van der Waals surface area (Å²) < 4.78 is 5.65. The molecule has 0 heterocycles. The van der Waals surface area contributed by atoms with Gasteiger partial charge in [0.1, 0.15) is 5.75 Å². The zero-order chi connectivity index (χ0) is 13.8. The highest BCUT2D eigenvalue weighted by Crippen LogP contribution is 2.30. The monoisotopic (exact) mass is 257 g/mol. The van der Waals surface area contributed by atoms with Crippen LogP contribution in [0.1, 0.15) is 22.8 Å². The number of hydrogen-bond acceptors (Lipinski definition) is 3. The van der Waals surface area contributed by atoms with E-state index in [1.165, 1.54) is 6.07 Å². The van der Waals surface area contributed by atoms with Crippen LogP contribution in [0.5, 0.6) is 11.5 Å². The van der Waals surface area contributed by atoms with E-state index in [1.807, 2.05) is 24.3 Å². The Morgan fingerprint density at radius 3 is 2.68 bits per heavy atom. The topological polar surface area (TPSA) is 72.5 Å². The average molecular weight is 257 g/mol. The molecule has 19 heavy (non-hydrogen) atoms. The van der Waals surface area contributed by atoms with Gasteiger partial charge in [-0.1, -0.05) is 25.1 Å². The third-order valence-corrected chi connectivity index (χ3v) is 2.83. The van der Waals surface area contributed by atoms with E-state index in [9.17, 15) is 4.79 Å². The fraction of sp³-hybridized carbons (Fsp3) is 0.133. The summed E-state index contributed by atoms with van der Waals surface area (Å²) in [7, 11) is 0. The molecule has 0 amide bonds. The summed E-state index contributed by atoms with van der Waals surface area (Å²) in [4.78, 5) is 11.0. The molecule has 0 radical (unpaired) electrons. The quantitative estimate of drug-likeness (QED) is 0.824. The number of ether oxygens (including phenoxy) is 1. The smallest absolute Gasteiger partial charge is 0.337 e. The molecule has 0 saturated carbocycles. The van der Waals surface area contributed by atoms with Crippen molar-refractivity contribution in [3.8, 4) is 11.5 Å². The van der Waals surface area contributed by atoms with Gasteiger partial charge >= 0.3 is 5.97 Å². The molecule has 4 nitrogen and oxygen atoms in total. The molecular formula is C15H15NO3. The van der Waals surface area contributed by atoms with Gasteiger partial charge in [-0.3, -0.25) is 0 Å². The largest absolute Gasteiger partial charge is 0.478 e. The maximum atomic E-state index is 11.0. The molecule has 0 spiro atoms. The Morgan fingerprint density at radius 1 is 1.26 bits per heavy atom. The highest BCUT2D eigenvalue weighted by molar-refractivity contribution is 5.95. The summed E-state index contributed by atoms with van der Waals surface area (Å²) in [6, 6.07) is 12.3. The Labute approximate surface area is 111 Å². The predicted molar refractivity (Wildman–Crippen MR) is 73.7 cm³/mol. The third kappa shape index (κ3) is 2.85. The second-order valence-electron chi connectivity index (χ2n) is 4.13. The van der Waals surface area contributed by atoms with Crippen LogP contribution in [0, 0.1) is 0 Å². The number of aryl methyl sites for hydroxylation is 1. The van der Waals surface area contributed by atoms with Crippen LogP contribution in [0.3, 0.4) is 0 Å². The van der Waals surface area contributed by atoms with Crippen molar-refractivity contribution >= 4 is 11.7 Å². The van der Waals surface area contributed by atoms with Gasteiger partial charge in [0.2, 0.25) is 0 Å². The minimum absolute atomic E-state index is 0.0455. The van der Waals surface area contributed by atoms with Crippen LogP contribution in [0.2, 0.25) is 0 Å². The molecule has 0 aliphatic heterocycles. The lowest BCUT2D eigenvalue weighted by molar-refractivity contribution is 0.0697. The number of para-hydroxylation sites is 1. The maximum absolute atomic E-state index is 11.0. The standard InChI is InChI=1S/C15H15NO3/c1-2-10-5-3-6-11(9-10)19-13-8-4-7-12(14(13)16)15(17)18/h3-9H,2,16H2,1H3,(H,17,18). The highest BCUT2D eigenvalue weighted by atomic mass is 16.5. The van der Waals surface area contributed by atoms with Crippen molar-refractivity contribution in [2.75, 3.05) is 5.73 Å². The van der Waals surface area contributed by atoms with Gasteiger partial charge in [0.05, 0.1) is 11.3 Å². The van der Waals surface area contributed by atoms with Gasteiger partial charge in [0.15, 0.2) is 5.75 Å². The zero-order valence-corrected chi connectivity index (χ0v) is 10.6. The molecule has 0 aliphatic carbocycles. The Morgan fingerprint density at radius 2 is 2.00 bits per heavy atom. The number of anilines is 1. The molecule has 2 rings (SSSR count). The summed E-state index contributed by atoms with van der Waals surface area (Å²) >= 11 is 0. The van der Waals surface area contributed by atoms with Crippen molar-refractivity contribution in [3.63, 3.8) is 0 Å². The molecule has 0 unspecified atom stereocenters. The molecule has 0 bridgehead atoms. The number of nitrogen functional groups attached to an aromatic ring is 1. The lowest BCUT2D eigenvalue weighted by Crippen LogP contribution is -2.03. The SMILES string of the molecule is CCc1cccc(Oc2cccc(C(=O)O)c2N)c1. The van der Waals surface area contributed by atoms with Gasteiger partial charge in [-0.15, -0.1) is 0 Å². The van der Waals surface area contributed by atoms with Crippen LogP contribution in [0.4, 0.5) is 5.69 Å². The number of aromatic carboxylic acids is 1. The van der Waals surface area contributed by atoms with Crippen molar-refractivity contribution in [3.05, 3.63) is 53.6 Å². The second kappa shape index (κ2) is 5.44. The van der Waals surface area contributed by atoms with Gasteiger partial charge in [-0.25, -0.2) is 4.79 Å². The van der Waals surface area contributed by atoms with Gasteiger partial charge in [-0.2, -0.15) is 0 Å². The first-order valence-corrected chi connectivity index (χ1v) is 6.00. The Kier molecular flexibility index (Phi) is 3.71. The molecule has 0 aromatic heterocycles. The summed E-state index contributed by atoms with van der Waals surface area (Å²) in [5.41, 5.74) is 7.12. The van der Waals surface area contributed by atoms with Crippen LogP contribution < -0.4 is 10.5 Å². The van der Waals surface area contributed by atoms with Gasteiger partial charge in [0.25, 0.3) is 0 Å². The fourth-order valence-electron chi connectivity index (χ4n) is 1.78. The summed E-state index contributed by atoms with van der Waals surface area (Å²) in [5, 5.41) is 9.00. The normalized spacial score (nSPS) is 10.2. The first-order valence-electron chi connectivity index (χ1n) is 6.00. The Bertz CT molecular complexity index is 608. The lowest BCUT2D eigenvalue weighted by atomic mass is 10.1. The number of carboxylic acids is 1. The van der Waals surface area contributed by atoms with Crippen LogP contribution in [0.15, 0.2) is 42.5 Å². The van der Waals surface area contributed by atoms with E-state index in [0.29, 0.717) is 11.5 Å². The van der Waals surface area contributed by atoms with E-state index < -0.39 is 5.97 Å². The van der Waals surface area contributed by atoms with Crippen LogP contribution in [-0.2, 0) is 6.42 Å². The molecule has 2 aromatic rings. The van der Waals surface area contributed by atoms with E-state index in [2.05, 4.69) is 6.92 Å². The second-order valence-corrected chi connectivity index (χ2v) is 4.13. The average Bonchev–Trinajstić information content (AvgIpc) is 2.41. The number of carbonyl (C=O) groups is 1. The van der Waals surface area contributed by atoms with Crippen molar-refractivity contribution in [1.29, 1.82) is 0 Å². The van der Waals surface area contributed by atoms with E-state index >= 15 is 0 Å². The number of benzene rings is 2. The fourth-order valence-corrected chi connectivity index (χ4v) is 1.78. The van der Waals surface area contributed by atoms with Crippen molar-refractivity contribution in [1.82, 2.24) is 0 Å². The number of hydrogen-bond donors (Lipinski definition) is 2. The van der Waals surface area contributed by atoms with Crippen LogP contribution in [-0.4, -0.2) is 11.1 Å². The molecule has 3 N–H and O–H groups in total. The van der Waals surface area contributed by atoms with Gasteiger partial charge in [-0.05, 0) is 36.2 Å². The predicted octanol–water partition coefficient (Wildman–Crippen LogP) is 3.32. The Balaban J connectivity index is 2.33. The van der Waals surface area contributed by atoms with Crippen LogP contribution in [0.25, 0.3) is 0 Å². The lowest BCUT2D eigenvalue weighted by Gasteiger charge is -2.10. The van der Waals surface area contributed by atoms with Gasteiger partial charge < -0.3 is 15.6 Å². The summed E-state index contributed by atoms with van der Waals surface area (Å²) in [6.45, 7) is 2.05. The molecule has 0 saturated heterocycles. The molecule has 0 atom stereocenters. The Hall–Kier alpha value is -2.49. The van der Waals surface area contributed by atoms with Crippen molar-refractivity contribution in [2.24, 2.45) is 0 Å².